The Labute approximate surface area is 202 Å². The van der Waals surface area contributed by atoms with Crippen LogP contribution in [-0.4, -0.2) is 62.9 Å². The fraction of sp³-hybridized carbons (Fsp3) is 0.435. The van der Waals surface area contributed by atoms with E-state index in [-0.39, 0.29) is 28.9 Å². The summed E-state index contributed by atoms with van der Waals surface area (Å²) < 4.78 is 62.4. The van der Waals surface area contributed by atoms with Gasteiger partial charge in [0, 0.05) is 6.20 Å². The molecule has 1 amide bonds. The highest BCUT2D eigenvalue weighted by Crippen LogP contribution is 2.35. The third-order valence-electron chi connectivity index (χ3n) is 6.31. The normalized spacial score (nSPS) is 20.7. The Morgan fingerprint density at radius 1 is 1.25 bits per heavy atom. The molecule has 13 heteroatoms. The molecule has 0 radical (unpaired) electrons. The van der Waals surface area contributed by atoms with Crippen molar-refractivity contribution in [2.24, 2.45) is 0 Å². The molecule has 2 aromatic heterocycles. The third-order valence-corrected chi connectivity index (χ3v) is 6.31. The van der Waals surface area contributed by atoms with Crippen LogP contribution in [0.4, 0.5) is 23.4 Å². The molecule has 2 N–H and O–H groups in total. The molecular weight excluding hydrogens is 486 g/mol. The summed E-state index contributed by atoms with van der Waals surface area (Å²) in [6, 6.07) is 3.78. The number of morpholine rings is 1. The van der Waals surface area contributed by atoms with Crippen molar-refractivity contribution in [2.75, 3.05) is 18.1 Å². The van der Waals surface area contributed by atoms with Gasteiger partial charge in [-0.25, -0.2) is 13.9 Å². The maximum Gasteiger partial charge on any atom is 0.573 e. The monoisotopic (exact) mass is 509 g/mol. The molecule has 0 aliphatic carbocycles. The molecule has 2 aliphatic heterocycles. The SMILES string of the molecule is CC(C)(O)C(NC(=O)c1cnn2ccc(N3C4COCC3C4)nc12)c1ccc(OC(F)(F)F)c(F)c1. The van der Waals surface area contributed by atoms with Gasteiger partial charge >= 0.3 is 6.36 Å². The summed E-state index contributed by atoms with van der Waals surface area (Å²) in [5.41, 5.74) is -1.16. The number of aromatic nitrogens is 3. The maximum absolute atomic E-state index is 14.3. The molecule has 192 valence electrons. The summed E-state index contributed by atoms with van der Waals surface area (Å²) >= 11 is 0. The number of carbonyl (C=O) groups is 1. The summed E-state index contributed by atoms with van der Waals surface area (Å²) in [5, 5.41) is 17.5. The Balaban J connectivity index is 1.42. The van der Waals surface area contributed by atoms with Crippen molar-refractivity contribution in [3.63, 3.8) is 0 Å². The number of fused-ring (bicyclic) bond motifs is 3. The molecule has 3 aromatic rings. The van der Waals surface area contributed by atoms with Crippen LogP contribution in [0.25, 0.3) is 5.65 Å². The van der Waals surface area contributed by atoms with Crippen molar-refractivity contribution < 1.29 is 36.9 Å². The minimum Gasteiger partial charge on any atom is -0.403 e. The first kappa shape index (κ1) is 24.3. The van der Waals surface area contributed by atoms with Crippen LogP contribution in [-0.2, 0) is 4.74 Å². The highest BCUT2D eigenvalue weighted by Gasteiger charge is 2.43. The maximum atomic E-state index is 14.3. The predicted molar refractivity (Wildman–Crippen MR) is 118 cm³/mol. The zero-order valence-electron chi connectivity index (χ0n) is 19.3. The van der Waals surface area contributed by atoms with E-state index in [1.165, 1.54) is 24.6 Å². The summed E-state index contributed by atoms with van der Waals surface area (Å²) in [4.78, 5) is 20.0. The van der Waals surface area contributed by atoms with Gasteiger partial charge in [-0.05, 0) is 44.0 Å². The lowest BCUT2D eigenvalue weighted by Gasteiger charge is -2.53. The Morgan fingerprint density at radius 2 is 1.97 bits per heavy atom. The quantitative estimate of drug-likeness (QED) is 0.493. The average Bonchev–Trinajstić information content (AvgIpc) is 3.21. The van der Waals surface area contributed by atoms with Gasteiger partial charge in [0.15, 0.2) is 17.2 Å². The van der Waals surface area contributed by atoms with Gasteiger partial charge in [0.2, 0.25) is 0 Å². The van der Waals surface area contributed by atoms with Gasteiger partial charge in [-0.15, -0.1) is 13.2 Å². The van der Waals surface area contributed by atoms with E-state index in [2.05, 4.69) is 25.0 Å². The smallest absolute Gasteiger partial charge is 0.403 e. The van der Waals surface area contributed by atoms with Gasteiger partial charge in [-0.1, -0.05) is 6.07 Å². The number of hydrogen-bond acceptors (Lipinski definition) is 7. The van der Waals surface area contributed by atoms with E-state index in [0.717, 1.165) is 24.6 Å². The summed E-state index contributed by atoms with van der Waals surface area (Å²) in [6.45, 7) is 3.97. The van der Waals surface area contributed by atoms with Gasteiger partial charge in [0.25, 0.3) is 5.91 Å². The summed E-state index contributed by atoms with van der Waals surface area (Å²) in [5.74, 6) is -2.28. The second kappa shape index (κ2) is 8.59. The van der Waals surface area contributed by atoms with Crippen molar-refractivity contribution in [1.29, 1.82) is 0 Å². The Hall–Kier alpha value is -3.45. The number of halogens is 4. The molecule has 3 atom stereocenters. The number of anilines is 1. The van der Waals surface area contributed by atoms with Crippen molar-refractivity contribution >= 4 is 17.4 Å². The van der Waals surface area contributed by atoms with E-state index in [1.54, 1.807) is 12.3 Å². The zero-order chi connectivity index (χ0) is 25.8. The lowest BCUT2D eigenvalue weighted by Crippen LogP contribution is -2.64. The number of aliphatic hydroxyl groups is 1. The predicted octanol–water partition coefficient (Wildman–Crippen LogP) is 2.99. The highest BCUT2D eigenvalue weighted by molar-refractivity contribution is 6.00. The average molecular weight is 509 g/mol. The summed E-state index contributed by atoms with van der Waals surface area (Å²) in [7, 11) is 0. The Bertz CT molecular complexity index is 1290. The molecule has 3 unspecified atom stereocenters. The van der Waals surface area contributed by atoms with Crippen LogP contribution >= 0.6 is 0 Å². The number of amides is 1. The molecule has 0 spiro atoms. The highest BCUT2D eigenvalue weighted by atomic mass is 19.4. The molecule has 0 saturated carbocycles. The molecule has 9 nitrogen and oxygen atoms in total. The van der Waals surface area contributed by atoms with Crippen LogP contribution in [0.15, 0.2) is 36.7 Å². The van der Waals surface area contributed by atoms with Gasteiger partial charge in [0.1, 0.15) is 11.4 Å². The molecule has 2 bridgehead atoms. The number of benzene rings is 1. The number of carbonyl (C=O) groups excluding carboxylic acids is 1. The lowest BCUT2D eigenvalue weighted by atomic mass is 9.91. The van der Waals surface area contributed by atoms with Gasteiger partial charge < -0.3 is 24.8 Å². The number of rotatable bonds is 6. The first-order valence-corrected chi connectivity index (χ1v) is 11.2. The van der Waals surface area contributed by atoms with E-state index in [9.17, 15) is 27.5 Å². The molecule has 1 aromatic carbocycles. The minimum atomic E-state index is -5.07. The van der Waals surface area contributed by atoms with E-state index in [1.807, 2.05) is 0 Å². The topological polar surface area (TPSA) is 101 Å². The van der Waals surface area contributed by atoms with Crippen LogP contribution in [0.5, 0.6) is 5.75 Å². The Morgan fingerprint density at radius 3 is 2.58 bits per heavy atom. The van der Waals surface area contributed by atoms with Crippen LogP contribution in [0, 0.1) is 5.82 Å². The zero-order valence-corrected chi connectivity index (χ0v) is 19.3. The minimum absolute atomic E-state index is 0.0430. The van der Waals surface area contributed by atoms with Crippen LogP contribution < -0.4 is 15.0 Å². The number of ether oxygens (including phenoxy) is 2. The molecule has 5 rings (SSSR count). The van der Waals surface area contributed by atoms with Crippen molar-refractivity contribution in [2.45, 2.75) is 50.4 Å². The second-order valence-corrected chi connectivity index (χ2v) is 9.40. The first-order valence-electron chi connectivity index (χ1n) is 11.2. The second-order valence-electron chi connectivity index (χ2n) is 9.40. The van der Waals surface area contributed by atoms with Crippen LogP contribution in [0.2, 0.25) is 0 Å². The van der Waals surface area contributed by atoms with Crippen LogP contribution in [0.3, 0.4) is 0 Å². The summed E-state index contributed by atoms with van der Waals surface area (Å²) in [6.07, 6.45) is -1.05. The largest absolute Gasteiger partial charge is 0.573 e. The number of nitrogens with zero attached hydrogens (tertiary/aromatic N) is 4. The number of alkyl halides is 3. The van der Waals surface area contributed by atoms with E-state index in [0.29, 0.717) is 19.0 Å². The van der Waals surface area contributed by atoms with Crippen molar-refractivity contribution in [1.82, 2.24) is 19.9 Å². The van der Waals surface area contributed by atoms with E-state index in [4.69, 9.17) is 4.74 Å². The fourth-order valence-electron chi connectivity index (χ4n) is 4.66. The van der Waals surface area contributed by atoms with E-state index < -0.39 is 35.5 Å². The molecule has 36 heavy (non-hydrogen) atoms. The van der Waals surface area contributed by atoms with Gasteiger partial charge in [0.05, 0.1) is 43.1 Å². The van der Waals surface area contributed by atoms with E-state index >= 15 is 0 Å². The molecule has 4 heterocycles. The van der Waals surface area contributed by atoms with Crippen LogP contribution in [0.1, 0.15) is 42.2 Å². The lowest BCUT2D eigenvalue weighted by molar-refractivity contribution is -0.275. The fourth-order valence-corrected chi connectivity index (χ4v) is 4.66. The van der Waals surface area contributed by atoms with Crippen molar-refractivity contribution in [3.05, 3.63) is 53.6 Å². The van der Waals surface area contributed by atoms with Gasteiger partial charge in [-0.3, -0.25) is 4.79 Å². The number of hydrogen-bond donors (Lipinski definition) is 2. The molecule has 2 saturated heterocycles. The molecular formula is C23H23F4N5O4. The molecule has 2 fully saturated rings. The van der Waals surface area contributed by atoms with Gasteiger partial charge in [-0.2, -0.15) is 5.10 Å². The molecule has 2 aliphatic rings. The Kier molecular flexibility index (Phi) is 5.79. The third kappa shape index (κ3) is 4.55. The number of nitrogens with one attached hydrogen (secondary N) is 1. The first-order chi connectivity index (χ1) is 16.9. The van der Waals surface area contributed by atoms with Crippen molar-refractivity contribution in [3.8, 4) is 5.75 Å². The standard InChI is InChI=1S/C23H23F4N5O4/c1-22(2,34)19(12-3-4-17(16(24)7-12)36-23(25,26)27)30-21(33)15-9-28-31-6-5-18(29-20(15)31)32-13-8-14(32)11-35-10-13/h3-7,9,13-14,19,34H,8,10-11H2,1-2H3,(H,30,33).